The van der Waals surface area contributed by atoms with Crippen LogP contribution in [0.5, 0.6) is 5.75 Å². The molecule has 0 fully saturated rings. The zero-order valence-corrected chi connectivity index (χ0v) is 19.9. The lowest BCUT2D eigenvalue weighted by atomic mass is 9.69. The Hall–Kier alpha value is -3.19. The Balaban J connectivity index is 1.79. The van der Waals surface area contributed by atoms with Crippen LogP contribution < -0.4 is 10.1 Å². The van der Waals surface area contributed by atoms with E-state index in [2.05, 4.69) is 11.4 Å². The number of allylic oxidation sites excluding steroid dienone is 3. The van der Waals surface area contributed by atoms with Gasteiger partial charge in [0.05, 0.1) is 17.6 Å². The molecule has 0 bridgehead atoms. The zero-order chi connectivity index (χ0) is 23.7. The fraction of sp³-hybridized carbons (Fsp3) is 0.346. The summed E-state index contributed by atoms with van der Waals surface area (Å²) in [6.45, 7) is 6.79. The van der Waals surface area contributed by atoms with Crippen molar-refractivity contribution in [1.82, 2.24) is 5.32 Å². The van der Waals surface area contributed by atoms with Crippen molar-refractivity contribution < 1.29 is 23.9 Å². The van der Waals surface area contributed by atoms with Crippen molar-refractivity contribution in [3.63, 3.8) is 0 Å². The van der Waals surface area contributed by atoms with Crippen LogP contribution in [0.3, 0.4) is 0 Å². The zero-order valence-electron chi connectivity index (χ0n) is 19.1. The molecule has 1 aliphatic heterocycles. The molecule has 7 heteroatoms. The first-order valence-electron chi connectivity index (χ1n) is 11.0. The summed E-state index contributed by atoms with van der Waals surface area (Å²) in [7, 11) is 0. The van der Waals surface area contributed by atoms with Crippen molar-refractivity contribution >= 4 is 29.1 Å². The summed E-state index contributed by atoms with van der Waals surface area (Å²) in [6, 6.07) is 11.0. The number of hydrogen-bond donors (Lipinski definition) is 1. The van der Waals surface area contributed by atoms with E-state index in [0.29, 0.717) is 23.4 Å². The van der Waals surface area contributed by atoms with Crippen molar-refractivity contribution in [1.29, 1.82) is 0 Å². The molecule has 0 saturated carbocycles. The maximum atomic E-state index is 13.5. The Labute approximate surface area is 197 Å². The minimum atomic E-state index is -0.515. The number of thiophene rings is 1. The molecule has 3 atom stereocenters. The van der Waals surface area contributed by atoms with Gasteiger partial charge in [0, 0.05) is 41.5 Å². The molecular formula is C26H27NO5S. The molecule has 0 amide bonds. The van der Waals surface area contributed by atoms with Gasteiger partial charge in [-0.25, -0.2) is 4.79 Å². The number of ether oxygens (including phenoxy) is 2. The lowest BCUT2D eigenvalue weighted by Crippen LogP contribution is -2.42. The van der Waals surface area contributed by atoms with E-state index in [9.17, 15) is 14.4 Å². The molecule has 172 valence electrons. The molecule has 2 aromatic rings. The molecule has 0 saturated heterocycles. The Morgan fingerprint density at radius 1 is 1.12 bits per heavy atom. The summed E-state index contributed by atoms with van der Waals surface area (Å²) in [6.07, 6.45) is 2.21. The first-order valence-corrected chi connectivity index (χ1v) is 11.9. The van der Waals surface area contributed by atoms with Gasteiger partial charge in [-0.15, -0.1) is 11.3 Å². The molecular weight excluding hydrogens is 438 g/mol. The second-order valence-corrected chi connectivity index (χ2v) is 9.63. The number of hydrogen-bond acceptors (Lipinski definition) is 7. The first kappa shape index (κ1) is 23.0. The van der Waals surface area contributed by atoms with Gasteiger partial charge in [-0.3, -0.25) is 9.59 Å². The maximum Gasteiger partial charge on any atom is 0.336 e. The predicted molar refractivity (Wildman–Crippen MR) is 126 cm³/mol. The number of benzene rings is 1. The highest BCUT2D eigenvalue weighted by atomic mass is 32.1. The SMILES string of the molecule is CC(=O)Oc1ccc(C2C(C(=O)OC(C)C)=C(C)NC3=CC(c4cccs4)CC(=O)C32)cc1. The van der Waals surface area contributed by atoms with Crippen molar-refractivity contribution in [3.05, 3.63) is 75.3 Å². The topological polar surface area (TPSA) is 81.7 Å². The van der Waals surface area contributed by atoms with Gasteiger partial charge >= 0.3 is 11.9 Å². The van der Waals surface area contributed by atoms with Crippen LogP contribution in [-0.4, -0.2) is 23.8 Å². The number of ketones is 1. The third kappa shape index (κ3) is 4.78. The fourth-order valence-corrected chi connectivity index (χ4v) is 5.37. The Kier molecular flexibility index (Phi) is 6.51. The van der Waals surface area contributed by atoms with Crippen LogP contribution in [0.25, 0.3) is 0 Å². The summed E-state index contributed by atoms with van der Waals surface area (Å²) >= 11 is 1.64. The van der Waals surface area contributed by atoms with Gasteiger partial charge in [0.2, 0.25) is 0 Å². The van der Waals surface area contributed by atoms with E-state index in [4.69, 9.17) is 9.47 Å². The van der Waals surface area contributed by atoms with E-state index in [1.807, 2.05) is 24.4 Å². The number of carbonyl (C=O) groups excluding carboxylic acids is 3. The third-order valence-electron chi connectivity index (χ3n) is 5.84. The van der Waals surface area contributed by atoms with Crippen molar-refractivity contribution in [2.75, 3.05) is 0 Å². The first-order chi connectivity index (χ1) is 15.7. The molecule has 33 heavy (non-hydrogen) atoms. The number of nitrogens with one attached hydrogen (secondary N) is 1. The van der Waals surface area contributed by atoms with E-state index in [-0.39, 0.29) is 17.8 Å². The molecule has 2 heterocycles. The predicted octanol–water partition coefficient (Wildman–Crippen LogP) is 4.84. The quantitative estimate of drug-likeness (QED) is 0.503. The van der Waals surface area contributed by atoms with Gasteiger partial charge in [0.25, 0.3) is 0 Å². The highest BCUT2D eigenvalue weighted by Crippen LogP contribution is 2.46. The van der Waals surface area contributed by atoms with Crippen LogP contribution in [0.4, 0.5) is 0 Å². The van der Waals surface area contributed by atoms with E-state index < -0.39 is 23.8 Å². The monoisotopic (exact) mass is 465 g/mol. The number of esters is 2. The normalized spacial score (nSPS) is 22.4. The summed E-state index contributed by atoms with van der Waals surface area (Å²) in [5, 5.41) is 5.35. The number of fused-ring (bicyclic) bond motifs is 1. The van der Waals surface area contributed by atoms with Gasteiger partial charge in [-0.1, -0.05) is 24.3 Å². The van der Waals surface area contributed by atoms with E-state index in [1.54, 1.807) is 49.4 Å². The lowest BCUT2D eigenvalue weighted by molar-refractivity contribution is -0.143. The molecule has 0 spiro atoms. The highest BCUT2D eigenvalue weighted by Gasteiger charge is 2.45. The molecule has 4 rings (SSSR count). The van der Waals surface area contributed by atoms with Gasteiger partial charge in [-0.05, 0) is 49.9 Å². The largest absolute Gasteiger partial charge is 0.460 e. The highest BCUT2D eigenvalue weighted by molar-refractivity contribution is 7.10. The maximum absolute atomic E-state index is 13.5. The number of Topliss-reactive ketones (excluding diaryl/α,β-unsaturated/α-hetero) is 1. The van der Waals surface area contributed by atoms with Crippen LogP contribution in [-0.2, 0) is 19.1 Å². The van der Waals surface area contributed by atoms with Gasteiger partial charge in [0.1, 0.15) is 11.5 Å². The number of carbonyl (C=O) groups is 3. The van der Waals surface area contributed by atoms with Crippen LogP contribution in [0.15, 0.2) is 64.8 Å². The number of rotatable bonds is 5. The molecule has 1 aromatic carbocycles. The van der Waals surface area contributed by atoms with Crippen LogP contribution in [0.2, 0.25) is 0 Å². The molecule has 0 radical (unpaired) electrons. The Bertz CT molecular complexity index is 1130. The second-order valence-electron chi connectivity index (χ2n) is 8.65. The van der Waals surface area contributed by atoms with Crippen molar-refractivity contribution in [2.45, 2.75) is 52.1 Å². The standard InChI is InChI=1S/C26H27NO5S/c1-14(2)31-26(30)23-15(3)27-20-12-18(22-6-5-11-33-22)13-21(29)25(20)24(23)17-7-9-19(10-8-17)32-16(4)28/h5-12,14,18,24-25,27H,13H2,1-4H3. The summed E-state index contributed by atoms with van der Waals surface area (Å²) in [5.41, 5.74) is 2.74. The summed E-state index contributed by atoms with van der Waals surface area (Å²) in [5.74, 6) is -1.35. The minimum Gasteiger partial charge on any atom is -0.460 e. The summed E-state index contributed by atoms with van der Waals surface area (Å²) < 4.78 is 10.7. The van der Waals surface area contributed by atoms with Gasteiger partial charge < -0.3 is 14.8 Å². The molecule has 3 unspecified atom stereocenters. The van der Waals surface area contributed by atoms with Gasteiger partial charge in [-0.2, -0.15) is 0 Å². The second kappa shape index (κ2) is 9.35. The third-order valence-corrected chi connectivity index (χ3v) is 6.84. The van der Waals surface area contributed by atoms with E-state index in [0.717, 1.165) is 16.1 Å². The average molecular weight is 466 g/mol. The molecule has 6 nitrogen and oxygen atoms in total. The van der Waals surface area contributed by atoms with Crippen LogP contribution >= 0.6 is 11.3 Å². The molecule has 1 N–H and O–H groups in total. The van der Waals surface area contributed by atoms with Crippen LogP contribution in [0.1, 0.15) is 56.4 Å². The minimum absolute atomic E-state index is 0.0141. The summed E-state index contributed by atoms with van der Waals surface area (Å²) in [4.78, 5) is 39.1. The smallest absolute Gasteiger partial charge is 0.336 e. The fourth-order valence-electron chi connectivity index (χ4n) is 4.58. The molecule has 1 aromatic heterocycles. The van der Waals surface area contributed by atoms with Crippen molar-refractivity contribution in [2.24, 2.45) is 5.92 Å². The van der Waals surface area contributed by atoms with E-state index in [1.165, 1.54) is 6.92 Å². The van der Waals surface area contributed by atoms with Gasteiger partial charge in [0.15, 0.2) is 0 Å². The molecule has 2 aliphatic rings. The Morgan fingerprint density at radius 2 is 1.85 bits per heavy atom. The Morgan fingerprint density at radius 3 is 2.45 bits per heavy atom. The van der Waals surface area contributed by atoms with Crippen molar-refractivity contribution in [3.8, 4) is 5.75 Å². The van der Waals surface area contributed by atoms with E-state index >= 15 is 0 Å². The average Bonchev–Trinajstić information content (AvgIpc) is 3.27. The molecule has 1 aliphatic carbocycles. The lowest BCUT2D eigenvalue weighted by Gasteiger charge is -2.39. The van der Waals surface area contributed by atoms with Crippen LogP contribution in [0, 0.1) is 5.92 Å².